The zero-order valence-corrected chi connectivity index (χ0v) is 22.3. The average Bonchev–Trinajstić information content (AvgIpc) is 2.79. The van der Waals surface area contributed by atoms with Crippen LogP contribution in [0.1, 0.15) is 62.3 Å². The summed E-state index contributed by atoms with van der Waals surface area (Å²) in [5, 5.41) is 0. The maximum absolute atomic E-state index is 13.3. The predicted octanol–water partition coefficient (Wildman–Crippen LogP) is 7.44. The lowest BCUT2D eigenvalue weighted by atomic mass is 10.1. The normalized spacial score (nSPS) is 12.7. The Morgan fingerprint density at radius 2 is 1.03 bits per heavy atom. The molecule has 0 aliphatic carbocycles. The van der Waals surface area contributed by atoms with Crippen LogP contribution in [-0.2, 0) is 13.7 Å². The minimum atomic E-state index is -2.21. The summed E-state index contributed by atoms with van der Waals surface area (Å²) in [7, 11) is -0.537. The highest BCUT2D eigenvalue weighted by atomic mass is 32.3. The van der Waals surface area contributed by atoms with Gasteiger partial charge in [-0.25, -0.2) is 9.59 Å². The molecule has 0 spiro atoms. The van der Waals surface area contributed by atoms with Gasteiger partial charge in [0, 0.05) is 21.8 Å². The monoisotopic (exact) mass is 494 g/mol. The first-order valence-electron chi connectivity index (χ1n) is 11.5. The molecule has 0 N–H and O–H groups in total. The molecule has 0 saturated heterocycles. The summed E-state index contributed by atoms with van der Waals surface area (Å²) < 4.78 is 17.6. The Hall–Kier alpha value is -3.09. The third-order valence-corrected chi connectivity index (χ3v) is 8.25. The van der Waals surface area contributed by atoms with Crippen LogP contribution >= 0.6 is 10.3 Å². The van der Waals surface area contributed by atoms with Crippen molar-refractivity contribution in [3.8, 4) is 0 Å². The number of carbonyl (C=O) groups excluding carboxylic acids is 2. The van der Waals surface area contributed by atoms with Gasteiger partial charge in [0.05, 0.1) is 11.1 Å². The summed E-state index contributed by atoms with van der Waals surface area (Å²) in [5.74, 6) is -1.17. The van der Waals surface area contributed by atoms with Crippen LogP contribution in [0.2, 0.25) is 0 Å². The summed E-state index contributed by atoms with van der Waals surface area (Å²) in [4.78, 5) is 29.1. The van der Waals surface area contributed by atoms with E-state index in [2.05, 4.69) is 0 Å². The van der Waals surface area contributed by atoms with E-state index >= 15 is 0 Å². The van der Waals surface area contributed by atoms with E-state index in [-0.39, 0.29) is 11.1 Å². The lowest BCUT2D eigenvalue weighted by Gasteiger charge is -2.39. The Morgan fingerprint density at radius 1 is 0.600 bits per heavy atom. The van der Waals surface area contributed by atoms with Gasteiger partial charge in [0.25, 0.3) is 0 Å². The zero-order chi connectivity index (χ0) is 25.9. The van der Waals surface area contributed by atoms with Gasteiger partial charge in [0.1, 0.15) is 11.2 Å². The van der Waals surface area contributed by atoms with Crippen LogP contribution in [0, 0.1) is 0 Å². The molecule has 3 aromatic carbocycles. The molecule has 0 aliphatic rings. The smallest absolute Gasteiger partial charge is 0.339 e. The highest BCUT2D eigenvalue weighted by Gasteiger charge is 2.34. The molecule has 3 aromatic rings. The third kappa shape index (κ3) is 6.13. The van der Waals surface area contributed by atoms with Crippen LogP contribution in [0.3, 0.4) is 0 Å². The van der Waals surface area contributed by atoms with Crippen molar-refractivity contribution in [1.29, 1.82) is 0 Å². The van der Waals surface area contributed by atoms with Crippen molar-refractivity contribution in [2.45, 2.75) is 67.4 Å². The second-order valence-electron chi connectivity index (χ2n) is 10.1. The Kier molecular flexibility index (Phi) is 7.77. The maximum atomic E-state index is 13.3. The molecule has 5 nitrogen and oxygen atoms in total. The van der Waals surface area contributed by atoms with Crippen LogP contribution in [0.4, 0.5) is 0 Å². The van der Waals surface area contributed by atoms with Gasteiger partial charge in [0.2, 0.25) is 0 Å². The van der Waals surface area contributed by atoms with E-state index in [1.807, 2.05) is 66.7 Å². The molecular weight excluding hydrogens is 460 g/mol. The first-order chi connectivity index (χ1) is 16.4. The molecule has 186 valence electrons. The Bertz CT molecular complexity index is 1140. The van der Waals surface area contributed by atoms with Gasteiger partial charge in [-0.15, -0.1) is 0 Å². The Morgan fingerprint density at radius 3 is 1.43 bits per heavy atom. The van der Waals surface area contributed by atoms with Crippen molar-refractivity contribution in [3.63, 3.8) is 0 Å². The fourth-order valence-electron chi connectivity index (χ4n) is 3.64. The number of hydrogen-bond donors (Lipinski definition) is 0. The lowest BCUT2D eigenvalue weighted by molar-refractivity contribution is 0.00183. The van der Waals surface area contributed by atoms with E-state index in [0.29, 0.717) is 0 Å². The number of hydrogen-bond acceptors (Lipinski definition) is 5. The number of ether oxygens (including phenoxy) is 2. The Balaban J connectivity index is 2.28. The van der Waals surface area contributed by atoms with E-state index in [1.54, 1.807) is 60.8 Å². The molecule has 0 fully saturated rings. The van der Waals surface area contributed by atoms with E-state index in [0.717, 1.165) is 14.7 Å². The van der Waals surface area contributed by atoms with Crippen LogP contribution in [0.5, 0.6) is 0 Å². The zero-order valence-electron chi connectivity index (χ0n) is 21.5. The molecule has 0 aromatic heterocycles. The van der Waals surface area contributed by atoms with Crippen molar-refractivity contribution in [2.75, 3.05) is 7.11 Å². The fraction of sp³-hybridized carbons (Fsp3) is 0.310. The van der Waals surface area contributed by atoms with Crippen LogP contribution in [0.25, 0.3) is 0 Å². The number of benzene rings is 3. The summed E-state index contributed by atoms with van der Waals surface area (Å²) in [6, 6.07) is 25.0. The first-order valence-corrected chi connectivity index (χ1v) is 13.0. The molecule has 0 atom stereocenters. The molecule has 0 bridgehead atoms. The SMILES string of the molecule is COS(c1ccccc1)(c1ccccc1)c1ccc(C(=O)OC(C)(C)C)c(C(=O)OC(C)(C)C)c1. The van der Waals surface area contributed by atoms with Gasteiger partial charge in [-0.2, -0.15) is 0 Å². The molecular formula is C29H34O5S. The van der Waals surface area contributed by atoms with Gasteiger partial charge in [0.15, 0.2) is 0 Å². The highest BCUT2D eigenvalue weighted by Crippen LogP contribution is 2.68. The van der Waals surface area contributed by atoms with Gasteiger partial charge >= 0.3 is 11.9 Å². The summed E-state index contributed by atoms with van der Waals surface area (Å²) in [5.41, 5.74) is -1.14. The van der Waals surface area contributed by atoms with Crippen molar-refractivity contribution in [3.05, 3.63) is 90.0 Å². The van der Waals surface area contributed by atoms with E-state index in [9.17, 15) is 9.59 Å². The molecule has 0 saturated carbocycles. The van der Waals surface area contributed by atoms with Gasteiger partial charge < -0.3 is 13.7 Å². The lowest BCUT2D eigenvalue weighted by Crippen LogP contribution is -2.28. The van der Waals surface area contributed by atoms with Crippen molar-refractivity contribution >= 4 is 22.2 Å². The second-order valence-corrected chi connectivity index (χ2v) is 12.9. The maximum Gasteiger partial charge on any atom is 0.339 e. The van der Waals surface area contributed by atoms with E-state index in [1.165, 1.54) is 0 Å². The third-order valence-electron chi connectivity index (χ3n) is 4.96. The largest absolute Gasteiger partial charge is 0.456 e. The summed E-state index contributed by atoms with van der Waals surface area (Å²) >= 11 is 0. The molecule has 3 rings (SSSR count). The summed E-state index contributed by atoms with van der Waals surface area (Å²) in [6.07, 6.45) is 0. The van der Waals surface area contributed by atoms with Crippen LogP contribution in [-0.4, -0.2) is 30.3 Å². The molecule has 35 heavy (non-hydrogen) atoms. The first kappa shape index (κ1) is 26.5. The van der Waals surface area contributed by atoms with E-state index in [4.69, 9.17) is 13.7 Å². The standard InChI is InChI=1S/C29H34O5S/c1-28(2,3)33-26(30)24-19-18-23(20-25(24)27(31)34-29(4,5)6)35(32-7,21-14-10-8-11-15-21)22-16-12-9-13-17-22/h8-20H,1-7H3. The van der Waals surface area contributed by atoms with Gasteiger partial charge in [-0.05, 0) is 84.0 Å². The van der Waals surface area contributed by atoms with Crippen LogP contribution < -0.4 is 0 Å². The number of esters is 2. The topological polar surface area (TPSA) is 61.8 Å². The van der Waals surface area contributed by atoms with Gasteiger partial charge in [-0.3, -0.25) is 0 Å². The second kappa shape index (κ2) is 10.3. The molecule has 0 radical (unpaired) electrons. The average molecular weight is 495 g/mol. The van der Waals surface area contributed by atoms with Crippen molar-refractivity contribution in [2.24, 2.45) is 0 Å². The van der Waals surface area contributed by atoms with E-state index < -0.39 is 33.4 Å². The quantitative estimate of drug-likeness (QED) is 0.333. The molecule has 0 unspecified atom stereocenters. The Labute approximate surface area is 209 Å². The van der Waals surface area contributed by atoms with Crippen molar-refractivity contribution < 1.29 is 23.2 Å². The fourth-order valence-corrected chi connectivity index (χ4v) is 6.65. The van der Waals surface area contributed by atoms with Crippen LogP contribution in [0.15, 0.2) is 93.5 Å². The number of carbonyl (C=O) groups is 2. The summed E-state index contributed by atoms with van der Waals surface area (Å²) in [6.45, 7) is 10.7. The molecule has 0 amide bonds. The predicted molar refractivity (Wildman–Crippen MR) is 139 cm³/mol. The minimum Gasteiger partial charge on any atom is -0.456 e. The highest BCUT2D eigenvalue weighted by molar-refractivity contribution is 8.30. The van der Waals surface area contributed by atoms with Gasteiger partial charge in [-0.1, -0.05) is 46.7 Å². The number of rotatable bonds is 6. The van der Waals surface area contributed by atoms with Crippen molar-refractivity contribution in [1.82, 2.24) is 0 Å². The molecule has 0 heterocycles. The molecule has 6 heteroatoms. The minimum absolute atomic E-state index is 0.146. The molecule has 0 aliphatic heterocycles.